The molecular formula is C11H16N2O. The fraction of sp³-hybridized carbons (Fsp3) is 0.727. The lowest BCUT2D eigenvalue weighted by Gasteiger charge is -2.04. The third-order valence-corrected chi connectivity index (χ3v) is 3.73. The Labute approximate surface area is 83.7 Å². The normalized spacial score (nSPS) is 35.4. The van der Waals surface area contributed by atoms with E-state index in [1.54, 1.807) is 0 Å². The summed E-state index contributed by atoms with van der Waals surface area (Å²) in [5, 5.41) is 0. The summed E-state index contributed by atoms with van der Waals surface area (Å²) in [6.45, 7) is 0.419. The first-order chi connectivity index (χ1) is 6.90. The van der Waals surface area contributed by atoms with Crippen molar-refractivity contribution in [2.24, 2.45) is 17.6 Å². The maximum atomic E-state index is 5.61. The first-order valence-corrected chi connectivity index (χ1v) is 5.55. The summed E-state index contributed by atoms with van der Waals surface area (Å²) in [7, 11) is 0. The lowest BCUT2D eigenvalue weighted by atomic mass is 10.0. The van der Waals surface area contributed by atoms with Gasteiger partial charge in [-0.05, 0) is 24.7 Å². The molecule has 0 spiro atoms. The number of hydrogen-bond donors (Lipinski definition) is 1. The van der Waals surface area contributed by atoms with Crippen molar-refractivity contribution in [2.75, 3.05) is 0 Å². The van der Waals surface area contributed by atoms with Crippen LogP contribution in [0.5, 0.6) is 0 Å². The lowest BCUT2D eigenvalue weighted by molar-refractivity contribution is 0.449. The molecular weight excluding hydrogens is 176 g/mol. The Morgan fingerprint density at radius 2 is 2.07 bits per heavy atom. The van der Waals surface area contributed by atoms with Gasteiger partial charge in [-0.1, -0.05) is 12.8 Å². The van der Waals surface area contributed by atoms with E-state index < -0.39 is 0 Å². The van der Waals surface area contributed by atoms with Crippen LogP contribution in [0.3, 0.4) is 0 Å². The van der Waals surface area contributed by atoms with E-state index in [0.29, 0.717) is 18.4 Å². The molecule has 14 heavy (non-hydrogen) atoms. The molecule has 0 saturated heterocycles. The summed E-state index contributed by atoms with van der Waals surface area (Å²) in [6, 6.07) is 0. The van der Waals surface area contributed by atoms with E-state index in [1.807, 2.05) is 6.20 Å². The van der Waals surface area contributed by atoms with Crippen LogP contribution in [0.4, 0.5) is 0 Å². The van der Waals surface area contributed by atoms with Crippen LogP contribution in [0.1, 0.15) is 43.3 Å². The van der Waals surface area contributed by atoms with Crippen LogP contribution in [-0.2, 0) is 6.54 Å². The molecule has 2 atom stereocenters. The highest BCUT2D eigenvalue weighted by Crippen LogP contribution is 2.61. The molecule has 0 aliphatic heterocycles. The molecule has 0 radical (unpaired) electrons. The highest BCUT2D eigenvalue weighted by Gasteiger charge is 2.53. The van der Waals surface area contributed by atoms with Gasteiger partial charge in [-0.25, -0.2) is 4.98 Å². The van der Waals surface area contributed by atoms with Gasteiger partial charge < -0.3 is 10.2 Å². The highest BCUT2D eigenvalue weighted by atomic mass is 16.4. The number of hydrogen-bond acceptors (Lipinski definition) is 3. The zero-order chi connectivity index (χ0) is 9.54. The highest BCUT2D eigenvalue weighted by molar-refractivity contribution is 5.18. The third kappa shape index (κ3) is 1.19. The molecule has 0 amide bonds. The van der Waals surface area contributed by atoms with Crippen LogP contribution in [0.25, 0.3) is 0 Å². The van der Waals surface area contributed by atoms with Gasteiger partial charge in [0.2, 0.25) is 5.89 Å². The fourth-order valence-electron chi connectivity index (χ4n) is 2.99. The van der Waals surface area contributed by atoms with Crippen molar-refractivity contribution in [3.63, 3.8) is 0 Å². The summed E-state index contributed by atoms with van der Waals surface area (Å²) in [6.07, 6.45) is 7.44. The van der Waals surface area contributed by atoms with Gasteiger partial charge in [0, 0.05) is 5.92 Å². The molecule has 2 aliphatic carbocycles. The summed E-state index contributed by atoms with van der Waals surface area (Å²) < 4.78 is 5.61. The van der Waals surface area contributed by atoms with E-state index in [2.05, 4.69) is 4.98 Å². The number of nitrogens with zero attached hydrogens (tertiary/aromatic N) is 1. The summed E-state index contributed by atoms with van der Waals surface area (Å²) in [4.78, 5) is 4.16. The zero-order valence-corrected chi connectivity index (χ0v) is 8.28. The monoisotopic (exact) mass is 192 g/mol. The van der Waals surface area contributed by atoms with Gasteiger partial charge in [0.05, 0.1) is 12.7 Å². The van der Waals surface area contributed by atoms with Gasteiger partial charge in [-0.2, -0.15) is 0 Å². The van der Waals surface area contributed by atoms with E-state index in [9.17, 15) is 0 Å². The Kier molecular flexibility index (Phi) is 1.87. The first kappa shape index (κ1) is 8.48. The number of oxazole rings is 1. The Morgan fingerprint density at radius 1 is 1.36 bits per heavy atom. The number of nitrogens with two attached hydrogens (primary N) is 1. The smallest absolute Gasteiger partial charge is 0.208 e. The molecule has 2 unspecified atom stereocenters. The molecule has 1 heterocycles. The van der Waals surface area contributed by atoms with Gasteiger partial charge in [0.15, 0.2) is 0 Å². The molecule has 1 aromatic heterocycles. The third-order valence-electron chi connectivity index (χ3n) is 3.73. The molecule has 1 aromatic rings. The van der Waals surface area contributed by atoms with Crippen molar-refractivity contribution >= 4 is 0 Å². The van der Waals surface area contributed by atoms with Crippen molar-refractivity contribution in [1.82, 2.24) is 4.98 Å². The second-order valence-corrected chi connectivity index (χ2v) is 4.50. The predicted octanol–water partition coefficient (Wildman–Crippen LogP) is 2.04. The minimum absolute atomic E-state index is 0.419. The standard InChI is InChI=1S/C11H16N2O/c12-5-10-13-6-9(14-10)11-7-3-1-2-4-8(7)11/h6-8,11H,1-5,12H2. The molecule has 76 valence electrons. The van der Waals surface area contributed by atoms with E-state index >= 15 is 0 Å². The van der Waals surface area contributed by atoms with Crippen LogP contribution in [0.2, 0.25) is 0 Å². The summed E-state index contributed by atoms with van der Waals surface area (Å²) >= 11 is 0. The maximum Gasteiger partial charge on any atom is 0.208 e. The number of rotatable bonds is 2. The minimum Gasteiger partial charge on any atom is -0.444 e. The van der Waals surface area contributed by atoms with Crippen molar-refractivity contribution < 1.29 is 4.42 Å². The molecule has 3 rings (SSSR count). The largest absolute Gasteiger partial charge is 0.444 e. The topological polar surface area (TPSA) is 52.0 Å². The molecule has 3 heteroatoms. The Morgan fingerprint density at radius 3 is 2.64 bits per heavy atom. The van der Waals surface area contributed by atoms with Gasteiger partial charge in [-0.15, -0.1) is 0 Å². The molecule has 0 aromatic carbocycles. The van der Waals surface area contributed by atoms with Crippen molar-refractivity contribution in [2.45, 2.75) is 38.1 Å². The van der Waals surface area contributed by atoms with Gasteiger partial charge in [-0.3, -0.25) is 0 Å². The van der Waals surface area contributed by atoms with E-state index in [4.69, 9.17) is 10.2 Å². The first-order valence-electron chi connectivity index (χ1n) is 5.55. The predicted molar refractivity (Wildman–Crippen MR) is 52.6 cm³/mol. The summed E-state index contributed by atoms with van der Waals surface area (Å²) in [5.74, 6) is 4.22. The van der Waals surface area contributed by atoms with Crippen molar-refractivity contribution in [3.8, 4) is 0 Å². The quantitative estimate of drug-likeness (QED) is 0.780. The number of fused-ring (bicyclic) bond motifs is 1. The van der Waals surface area contributed by atoms with E-state index in [-0.39, 0.29) is 0 Å². The number of aromatic nitrogens is 1. The van der Waals surface area contributed by atoms with Crippen LogP contribution in [0, 0.1) is 11.8 Å². The Hall–Kier alpha value is -0.830. The summed E-state index contributed by atoms with van der Waals surface area (Å²) in [5.41, 5.74) is 5.47. The van der Waals surface area contributed by atoms with Gasteiger partial charge in [0.25, 0.3) is 0 Å². The Balaban J connectivity index is 1.77. The fourth-order valence-corrected chi connectivity index (χ4v) is 2.99. The van der Waals surface area contributed by atoms with Crippen LogP contribution in [-0.4, -0.2) is 4.98 Å². The zero-order valence-electron chi connectivity index (χ0n) is 8.28. The van der Waals surface area contributed by atoms with Crippen LogP contribution in [0.15, 0.2) is 10.6 Å². The lowest BCUT2D eigenvalue weighted by Crippen LogP contribution is -1.94. The van der Waals surface area contributed by atoms with Gasteiger partial charge in [0.1, 0.15) is 5.76 Å². The molecule has 2 fully saturated rings. The van der Waals surface area contributed by atoms with Crippen molar-refractivity contribution in [1.29, 1.82) is 0 Å². The molecule has 0 bridgehead atoms. The van der Waals surface area contributed by atoms with Crippen LogP contribution < -0.4 is 5.73 Å². The molecule has 3 nitrogen and oxygen atoms in total. The van der Waals surface area contributed by atoms with Crippen molar-refractivity contribution in [3.05, 3.63) is 17.8 Å². The second-order valence-electron chi connectivity index (χ2n) is 4.50. The van der Waals surface area contributed by atoms with Crippen LogP contribution >= 0.6 is 0 Å². The van der Waals surface area contributed by atoms with E-state index in [1.165, 1.54) is 25.7 Å². The minimum atomic E-state index is 0.419. The Bertz CT molecular complexity index is 322. The maximum absolute atomic E-state index is 5.61. The average molecular weight is 192 g/mol. The van der Waals surface area contributed by atoms with Gasteiger partial charge >= 0.3 is 0 Å². The SMILES string of the molecule is NCc1ncc(C2C3CCCCC32)o1. The molecule has 2 aliphatic rings. The average Bonchev–Trinajstić information content (AvgIpc) is 2.77. The molecule has 2 N–H and O–H groups in total. The molecule has 2 saturated carbocycles. The second kappa shape index (κ2) is 3.09. The van der Waals surface area contributed by atoms with E-state index in [0.717, 1.165) is 17.6 Å².